The number of para-hydroxylation sites is 1. The second-order valence-corrected chi connectivity index (χ2v) is 7.30. The number of aromatic nitrogens is 1. The Morgan fingerprint density at radius 2 is 2.00 bits per heavy atom. The molecule has 2 aromatic rings. The summed E-state index contributed by atoms with van der Waals surface area (Å²) in [5, 5.41) is 0.609. The lowest BCUT2D eigenvalue weighted by Crippen LogP contribution is -2.22. The Morgan fingerprint density at radius 1 is 1.26 bits per heavy atom. The Balaban J connectivity index is 2.03. The first-order valence-electron chi connectivity index (χ1n) is 6.18. The Morgan fingerprint density at radius 3 is 2.74 bits per heavy atom. The highest BCUT2D eigenvalue weighted by atomic mass is 32.2. The molecule has 1 aromatic carbocycles. The zero-order valence-electron chi connectivity index (χ0n) is 11.0. The number of ether oxygens (including phenoxy) is 1. The molecule has 0 saturated carbocycles. The van der Waals surface area contributed by atoms with Crippen LogP contribution >= 0.6 is 0 Å². The van der Waals surface area contributed by atoms with Gasteiger partial charge in [0.2, 0.25) is 0 Å². The van der Waals surface area contributed by atoms with E-state index in [1.54, 1.807) is 20.0 Å². The van der Waals surface area contributed by atoms with Gasteiger partial charge in [-0.2, -0.15) is 0 Å². The average Bonchev–Trinajstić information content (AvgIpc) is 2.38. The lowest BCUT2D eigenvalue weighted by atomic mass is 10.2. The maximum atomic E-state index is 11.6. The first-order valence-corrected chi connectivity index (χ1v) is 7.90. The summed E-state index contributed by atoms with van der Waals surface area (Å²) in [7, 11) is -3.06. The van der Waals surface area contributed by atoms with Crippen LogP contribution in [0.5, 0.6) is 5.75 Å². The van der Waals surface area contributed by atoms with Crippen LogP contribution in [0.15, 0.2) is 36.5 Å². The van der Waals surface area contributed by atoms with E-state index in [1.165, 1.54) is 0 Å². The second-order valence-electron chi connectivity index (χ2n) is 4.63. The number of benzene rings is 1. The summed E-state index contributed by atoms with van der Waals surface area (Å²) in [4.78, 5) is 4.26. The van der Waals surface area contributed by atoms with E-state index in [-0.39, 0.29) is 17.6 Å². The molecule has 0 saturated heterocycles. The van der Waals surface area contributed by atoms with Crippen molar-refractivity contribution < 1.29 is 13.2 Å². The van der Waals surface area contributed by atoms with Crippen molar-refractivity contribution in [2.24, 2.45) is 0 Å². The van der Waals surface area contributed by atoms with Crippen LogP contribution in [0, 0.1) is 0 Å². The first-order chi connectivity index (χ1) is 8.99. The van der Waals surface area contributed by atoms with Crippen molar-refractivity contribution in [3.8, 4) is 5.75 Å². The lowest BCUT2D eigenvalue weighted by molar-refractivity contribution is 0.340. The van der Waals surface area contributed by atoms with Crippen molar-refractivity contribution in [2.75, 3.05) is 12.4 Å². The van der Waals surface area contributed by atoms with Crippen molar-refractivity contribution in [1.82, 2.24) is 4.98 Å². The molecular weight excluding hydrogens is 262 g/mol. The Hall–Kier alpha value is -1.62. The van der Waals surface area contributed by atoms with Crippen LogP contribution in [0.25, 0.3) is 10.9 Å². The SMILES string of the molecule is CC(C)S(=O)(=O)CCOc1cnc2ccccc2c1. The van der Waals surface area contributed by atoms with Gasteiger partial charge in [0, 0.05) is 5.39 Å². The van der Waals surface area contributed by atoms with E-state index in [0.717, 1.165) is 10.9 Å². The molecule has 1 aromatic heterocycles. The van der Waals surface area contributed by atoms with Crippen molar-refractivity contribution in [1.29, 1.82) is 0 Å². The molecule has 1 heterocycles. The van der Waals surface area contributed by atoms with Gasteiger partial charge in [-0.15, -0.1) is 0 Å². The Kier molecular flexibility index (Phi) is 4.04. The highest BCUT2D eigenvalue weighted by Crippen LogP contribution is 2.17. The molecular formula is C14H17NO3S. The quantitative estimate of drug-likeness (QED) is 0.843. The van der Waals surface area contributed by atoms with Gasteiger partial charge in [-0.25, -0.2) is 8.42 Å². The summed E-state index contributed by atoms with van der Waals surface area (Å²) < 4.78 is 28.7. The standard InChI is InChI=1S/C14H17NO3S/c1-11(2)19(16,17)8-7-18-13-9-12-5-3-4-6-14(12)15-10-13/h3-6,9-11H,7-8H2,1-2H3. The zero-order valence-corrected chi connectivity index (χ0v) is 11.9. The lowest BCUT2D eigenvalue weighted by Gasteiger charge is -2.09. The molecule has 4 nitrogen and oxygen atoms in total. The predicted octanol–water partition coefficient (Wildman–Crippen LogP) is 2.44. The van der Waals surface area contributed by atoms with Crippen molar-refractivity contribution >= 4 is 20.7 Å². The van der Waals surface area contributed by atoms with Gasteiger partial charge < -0.3 is 4.74 Å². The maximum absolute atomic E-state index is 11.6. The molecule has 0 bridgehead atoms. The van der Waals surface area contributed by atoms with Gasteiger partial charge in [-0.05, 0) is 26.0 Å². The molecule has 0 aliphatic carbocycles. The molecule has 2 rings (SSSR count). The van der Waals surface area contributed by atoms with E-state index in [9.17, 15) is 8.42 Å². The minimum Gasteiger partial charge on any atom is -0.491 e. The van der Waals surface area contributed by atoms with Gasteiger partial charge in [0.15, 0.2) is 9.84 Å². The number of hydrogen-bond acceptors (Lipinski definition) is 4. The third-order valence-corrected chi connectivity index (χ3v) is 5.09. The van der Waals surface area contributed by atoms with Crippen molar-refractivity contribution in [3.05, 3.63) is 36.5 Å². The van der Waals surface area contributed by atoms with Crippen LogP contribution in [0.3, 0.4) is 0 Å². The van der Waals surface area contributed by atoms with E-state index >= 15 is 0 Å². The summed E-state index contributed by atoms with van der Waals surface area (Å²) in [6.07, 6.45) is 1.62. The summed E-state index contributed by atoms with van der Waals surface area (Å²) >= 11 is 0. The fourth-order valence-corrected chi connectivity index (χ4v) is 2.43. The first kappa shape index (κ1) is 13.8. The number of nitrogens with zero attached hydrogens (tertiary/aromatic N) is 1. The van der Waals surface area contributed by atoms with Gasteiger partial charge in [0.1, 0.15) is 12.4 Å². The van der Waals surface area contributed by atoms with E-state index < -0.39 is 9.84 Å². The van der Waals surface area contributed by atoms with Crippen LogP contribution in [-0.2, 0) is 9.84 Å². The normalized spacial score (nSPS) is 11.9. The highest BCUT2D eigenvalue weighted by molar-refractivity contribution is 7.91. The van der Waals surface area contributed by atoms with Gasteiger partial charge in [-0.1, -0.05) is 18.2 Å². The number of rotatable bonds is 5. The number of fused-ring (bicyclic) bond motifs is 1. The fourth-order valence-electron chi connectivity index (χ4n) is 1.64. The molecule has 0 aliphatic heterocycles. The molecule has 5 heteroatoms. The van der Waals surface area contributed by atoms with Gasteiger partial charge in [0.25, 0.3) is 0 Å². The zero-order chi connectivity index (χ0) is 13.9. The van der Waals surface area contributed by atoms with Gasteiger partial charge in [-0.3, -0.25) is 4.98 Å². The van der Waals surface area contributed by atoms with E-state index in [1.807, 2.05) is 30.3 Å². The number of pyridine rings is 1. The van der Waals surface area contributed by atoms with Crippen LogP contribution in [-0.4, -0.2) is 31.0 Å². The summed E-state index contributed by atoms with van der Waals surface area (Å²) in [6.45, 7) is 3.50. The maximum Gasteiger partial charge on any atom is 0.155 e. The van der Waals surface area contributed by atoms with Gasteiger partial charge >= 0.3 is 0 Å². The number of sulfone groups is 1. The molecule has 0 aliphatic rings. The number of hydrogen-bond donors (Lipinski definition) is 0. The molecule has 0 radical (unpaired) electrons. The molecule has 0 atom stereocenters. The van der Waals surface area contributed by atoms with E-state index in [0.29, 0.717) is 5.75 Å². The largest absolute Gasteiger partial charge is 0.491 e. The minimum atomic E-state index is -3.06. The molecule has 0 amide bonds. The van der Waals surface area contributed by atoms with E-state index in [4.69, 9.17) is 4.74 Å². The molecule has 0 spiro atoms. The predicted molar refractivity (Wildman–Crippen MR) is 76.2 cm³/mol. The summed E-state index contributed by atoms with van der Waals surface area (Å²) in [5.74, 6) is 0.620. The Labute approximate surface area is 113 Å². The third kappa shape index (κ3) is 3.44. The average molecular weight is 279 g/mol. The Bertz CT molecular complexity index is 665. The monoisotopic (exact) mass is 279 g/mol. The van der Waals surface area contributed by atoms with E-state index in [2.05, 4.69) is 4.98 Å². The smallest absolute Gasteiger partial charge is 0.155 e. The molecule has 0 unspecified atom stereocenters. The van der Waals surface area contributed by atoms with Gasteiger partial charge in [0.05, 0.1) is 22.7 Å². The van der Waals surface area contributed by atoms with Crippen LogP contribution < -0.4 is 4.74 Å². The van der Waals surface area contributed by atoms with Crippen LogP contribution in [0.2, 0.25) is 0 Å². The van der Waals surface area contributed by atoms with Crippen LogP contribution in [0.1, 0.15) is 13.8 Å². The fraction of sp³-hybridized carbons (Fsp3) is 0.357. The molecule has 19 heavy (non-hydrogen) atoms. The third-order valence-electron chi connectivity index (χ3n) is 2.92. The summed E-state index contributed by atoms with van der Waals surface area (Å²) in [5.41, 5.74) is 0.893. The molecule has 0 fully saturated rings. The minimum absolute atomic E-state index is 0.0253. The highest BCUT2D eigenvalue weighted by Gasteiger charge is 2.15. The molecule has 102 valence electrons. The topological polar surface area (TPSA) is 56.3 Å². The van der Waals surface area contributed by atoms with Crippen LogP contribution in [0.4, 0.5) is 0 Å². The molecule has 0 N–H and O–H groups in total. The second kappa shape index (κ2) is 5.57. The van der Waals surface area contributed by atoms with Crippen molar-refractivity contribution in [2.45, 2.75) is 19.1 Å². The van der Waals surface area contributed by atoms with Crippen molar-refractivity contribution in [3.63, 3.8) is 0 Å². The summed E-state index contributed by atoms with van der Waals surface area (Å²) in [6, 6.07) is 9.58.